The minimum Gasteiger partial charge on any atom is -0.321 e. The normalized spacial score (nSPS) is 11.5. The summed E-state index contributed by atoms with van der Waals surface area (Å²) in [5.74, 6) is -0.492. The van der Waals surface area contributed by atoms with Crippen molar-refractivity contribution in [3.63, 3.8) is 0 Å². The molecule has 3 nitrogen and oxygen atoms in total. The largest absolute Gasteiger partial charge is 0.417 e. The molecule has 8 heteroatoms. The minimum atomic E-state index is -4.57. The standard InChI is InChI=1S/C13H10ClF3N2OS/c1-6-11(21-7(2)18-6)12(20)19-8-3-4-10(14)9(5-8)13(15,16)17/h3-5H,1-2H3,(H,19,20). The van der Waals surface area contributed by atoms with Gasteiger partial charge in [-0.15, -0.1) is 11.3 Å². The molecule has 1 aromatic carbocycles. The molecular weight excluding hydrogens is 325 g/mol. The van der Waals surface area contributed by atoms with Crippen molar-refractivity contribution in [2.24, 2.45) is 0 Å². The zero-order valence-corrected chi connectivity index (χ0v) is 12.6. The van der Waals surface area contributed by atoms with E-state index in [1.165, 1.54) is 17.4 Å². The second-order valence-corrected chi connectivity index (χ2v) is 5.90. The molecule has 21 heavy (non-hydrogen) atoms. The van der Waals surface area contributed by atoms with Gasteiger partial charge in [0, 0.05) is 5.69 Å². The maximum atomic E-state index is 12.8. The number of carbonyl (C=O) groups excluding carboxylic acids is 1. The monoisotopic (exact) mass is 334 g/mol. The van der Waals surface area contributed by atoms with Gasteiger partial charge in [0.25, 0.3) is 5.91 Å². The first-order valence-electron chi connectivity index (χ1n) is 5.80. The van der Waals surface area contributed by atoms with Crippen molar-refractivity contribution in [1.82, 2.24) is 4.98 Å². The molecule has 0 spiro atoms. The summed E-state index contributed by atoms with van der Waals surface area (Å²) in [5.41, 5.74) is -0.415. The molecule has 0 aliphatic carbocycles. The van der Waals surface area contributed by atoms with Crippen LogP contribution in [0.2, 0.25) is 5.02 Å². The molecule has 1 amide bonds. The van der Waals surface area contributed by atoms with Crippen molar-refractivity contribution in [3.05, 3.63) is 44.4 Å². The Labute approximate surface area is 127 Å². The smallest absolute Gasteiger partial charge is 0.321 e. The zero-order chi connectivity index (χ0) is 15.8. The number of aromatic nitrogens is 1. The van der Waals surface area contributed by atoms with Gasteiger partial charge in [0.2, 0.25) is 0 Å². The summed E-state index contributed by atoms with van der Waals surface area (Å²) in [6.45, 7) is 3.42. The number of carbonyl (C=O) groups is 1. The van der Waals surface area contributed by atoms with E-state index in [-0.39, 0.29) is 5.69 Å². The third-order valence-electron chi connectivity index (χ3n) is 2.64. The van der Waals surface area contributed by atoms with Gasteiger partial charge in [0.1, 0.15) is 4.88 Å². The molecule has 0 atom stereocenters. The molecule has 2 rings (SSSR count). The molecule has 0 bridgehead atoms. The van der Waals surface area contributed by atoms with Gasteiger partial charge in [0.15, 0.2) is 0 Å². The molecule has 1 N–H and O–H groups in total. The highest BCUT2D eigenvalue weighted by Gasteiger charge is 2.33. The first kappa shape index (κ1) is 15.8. The van der Waals surface area contributed by atoms with Gasteiger partial charge < -0.3 is 5.32 Å². The van der Waals surface area contributed by atoms with Crippen LogP contribution in [0.3, 0.4) is 0 Å². The maximum absolute atomic E-state index is 12.8. The Kier molecular flexibility index (Phi) is 4.25. The number of nitrogens with one attached hydrogen (secondary N) is 1. The van der Waals surface area contributed by atoms with Crippen molar-refractivity contribution in [1.29, 1.82) is 0 Å². The number of halogens is 4. The van der Waals surface area contributed by atoms with Crippen molar-refractivity contribution < 1.29 is 18.0 Å². The van der Waals surface area contributed by atoms with E-state index in [9.17, 15) is 18.0 Å². The number of amides is 1. The third kappa shape index (κ3) is 3.54. The van der Waals surface area contributed by atoms with Crippen LogP contribution < -0.4 is 5.32 Å². The summed E-state index contributed by atoms with van der Waals surface area (Å²) >= 11 is 6.71. The summed E-state index contributed by atoms with van der Waals surface area (Å²) in [7, 11) is 0. The predicted molar refractivity (Wildman–Crippen MR) is 76.0 cm³/mol. The first-order valence-corrected chi connectivity index (χ1v) is 7.00. The fourth-order valence-corrected chi connectivity index (χ4v) is 2.79. The van der Waals surface area contributed by atoms with Gasteiger partial charge >= 0.3 is 6.18 Å². The second kappa shape index (κ2) is 5.65. The van der Waals surface area contributed by atoms with Crippen LogP contribution in [0.1, 0.15) is 25.9 Å². The summed E-state index contributed by atoms with van der Waals surface area (Å²) in [6, 6.07) is 3.23. The average Bonchev–Trinajstić information content (AvgIpc) is 2.69. The summed E-state index contributed by atoms with van der Waals surface area (Å²) in [6.07, 6.45) is -4.57. The molecule has 0 saturated carbocycles. The van der Waals surface area contributed by atoms with E-state index >= 15 is 0 Å². The van der Waals surface area contributed by atoms with Crippen LogP contribution in [0.4, 0.5) is 18.9 Å². The highest BCUT2D eigenvalue weighted by Crippen LogP contribution is 2.36. The fourth-order valence-electron chi connectivity index (χ4n) is 1.75. The van der Waals surface area contributed by atoms with E-state index in [2.05, 4.69) is 10.3 Å². The van der Waals surface area contributed by atoms with Crippen molar-refractivity contribution in [2.45, 2.75) is 20.0 Å². The number of aryl methyl sites for hydroxylation is 2. The quantitative estimate of drug-likeness (QED) is 0.866. The molecule has 0 radical (unpaired) electrons. The Morgan fingerprint density at radius 2 is 2.00 bits per heavy atom. The molecule has 1 aromatic heterocycles. The van der Waals surface area contributed by atoms with E-state index in [1.54, 1.807) is 13.8 Å². The van der Waals surface area contributed by atoms with Crippen LogP contribution in [-0.2, 0) is 6.18 Å². The van der Waals surface area contributed by atoms with Crippen LogP contribution in [-0.4, -0.2) is 10.9 Å². The zero-order valence-electron chi connectivity index (χ0n) is 11.0. The Balaban J connectivity index is 2.28. The number of thiazole rings is 1. The number of benzene rings is 1. The average molecular weight is 335 g/mol. The van der Waals surface area contributed by atoms with Gasteiger partial charge in [-0.1, -0.05) is 11.6 Å². The lowest BCUT2D eigenvalue weighted by atomic mass is 10.2. The summed E-state index contributed by atoms with van der Waals surface area (Å²) in [5, 5.41) is 2.73. The Morgan fingerprint density at radius 3 is 2.52 bits per heavy atom. The van der Waals surface area contributed by atoms with Crippen LogP contribution in [0.5, 0.6) is 0 Å². The number of hydrogen-bond donors (Lipinski definition) is 1. The lowest BCUT2D eigenvalue weighted by Gasteiger charge is -2.11. The number of hydrogen-bond acceptors (Lipinski definition) is 3. The Hall–Kier alpha value is -1.60. The van der Waals surface area contributed by atoms with Gasteiger partial charge in [-0.3, -0.25) is 4.79 Å². The third-order valence-corrected chi connectivity index (χ3v) is 4.04. The maximum Gasteiger partial charge on any atom is 0.417 e. The SMILES string of the molecule is Cc1nc(C)c(C(=O)Nc2ccc(Cl)c(C(F)(F)F)c2)s1. The van der Waals surface area contributed by atoms with E-state index in [1.807, 2.05) is 0 Å². The lowest BCUT2D eigenvalue weighted by molar-refractivity contribution is -0.137. The molecule has 112 valence electrons. The number of alkyl halides is 3. The summed E-state index contributed by atoms with van der Waals surface area (Å²) < 4.78 is 38.3. The number of nitrogens with zero attached hydrogens (tertiary/aromatic N) is 1. The second-order valence-electron chi connectivity index (χ2n) is 4.29. The predicted octanol–water partition coefficient (Wildman–Crippen LogP) is 4.68. The molecule has 0 unspecified atom stereocenters. The summed E-state index contributed by atoms with van der Waals surface area (Å²) in [4.78, 5) is 16.5. The van der Waals surface area contributed by atoms with E-state index in [4.69, 9.17) is 11.6 Å². The highest BCUT2D eigenvalue weighted by molar-refractivity contribution is 7.13. The van der Waals surface area contributed by atoms with Crippen molar-refractivity contribution >= 4 is 34.5 Å². The van der Waals surface area contributed by atoms with E-state index in [0.717, 1.165) is 12.1 Å². The topological polar surface area (TPSA) is 42.0 Å². The molecule has 0 aliphatic heterocycles. The lowest BCUT2D eigenvalue weighted by Crippen LogP contribution is -2.13. The van der Waals surface area contributed by atoms with Crippen LogP contribution in [0.25, 0.3) is 0 Å². The molecular formula is C13H10ClF3N2OS. The molecule has 0 aliphatic rings. The van der Waals surface area contributed by atoms with Crippen molar-refractivity contribution in [2.75, 3.05) is 5.32 Å². The Morgan fingerprint density at radius 1 is 1.33 bits per heavy atom. The van der Waals surface area contributed by atoms with Crippen LogP contribution >= 0.6 is 22.9 Å². The van der Waals surface area contributed by atoms with Crippen molar-refractivity contribution in [3.8, 4) is 0 Å². The van der Waals surface area contributed by atoms with E-state index in [0.29, 0.717) is 15.6 Å². The number of anilines is 1. The van der Waals surface area contributed by atoms with Gasteiger partial charge in [-0.25, -0.2) is 4.98 Å². The van der Waals surface area contributed by atoms with E-state index < -0.39 is 22.7 Å². The molecule has 1 heterocycles. The van der Waals surface area contributed by atoms with Gasteiger partial charge in [0.05, 0.1) is 21.3 Å². The molecule has 2 aromatic rings. The number of rotatable bonds is 2. The van der Waals surface area contributed by atoms with Gasteiger partial charge in [-0.05, 0) is 32.0 Å². The highest BCUT2D eigenvalue weighted by atomic mass is 35.5. The first-order chi connectivity index (χ1) is 9.68. The Bertz CT molecular complexity index is 697. The molecule has 0 fully saturated rings. The minimum absolute atomic E-state index is 0.0298. The fraction of sp³-hybridized carbons (Fsp3) is 0.231. The van der Waals surface area contributed by atoms with Gasteiger partial charge in [-0.2, -0.15) is 13.2 Å². The van der Waals surface area contributed by atoms with Crippen LogP contribution in [0, 0.1) is 13.8 Å². The molecule has 0 saturated heterocycles. The van der Waals surface area contributed by atoms with Crippen LogP contribution in [0.15, 0.2) is 18.2 Å².